The Kier molecular flexibility index (Phi) is 5.69. The molecule has 1 aliphatic rings. The highest BCUT2D eigenvalue weighted by Gasteiger charge is 2.17. The van der Waals surface area contributed by atoms with Crippen molar-refractivity contribution in [1.29, 1.82) is 0 Å². The number of piperazine rings is 1. The van der Waals surface area contributed by atoms with E-state index in [4.69, 9.17) is 0 Å². The van der Waals surface area contributed by atoms with E-state index in [2.05, 4.69) is 50.2 Å². The van der Waals surface area contributed by atoms with Crippen molar-refractivity contribution in [3.05, 3.63) is 28.5 Å². The van der Waals surface area contributed by atoms with Crippen LogP contribution in [0, 0.1) is 0 Å². The van der Waals surface area contributed by atoms with Crippen molar-refractivity contribution >= 4 is 28.3 Å². The summed E-state index contributed by atoms with van der Waals surface area (Å²) in [5.41, 5.74) is 1.15. The average molecular weight is 307 g/mol. The minimum absolute atomic E-state index is 0. The fourth-order valence-electron chi connectivity index (χ4n) is 1.83. The van der Waals surface area contributed by atoms with Gasteiger partial charge in [-0.2, -0.15) is 0 Å². The van der Waals surface area contributed by atoms with E-state index in [1.54, 1.807) is 0 Å². The first kappa shape index (κ1) is 13.9. The summed E-state index contributed by atoms with van der Waals surface area (Å²) in [6.45, 7) is 6.48. The number of rotatable bonds is 2. The molecule has 1 aromatic heterocycles. The summed E-state index contributed by atoms with van der Waals surface area (Å²) in [5.74, 6) is 0. The standard InChI is InChI=1S/C11H16BrN3.ClH/c1-9-6-13-4-5-15(9)8-11-3-2-10(12)7-14-11;/h2-3,7,9,13H,4-6,8H2,1H3;1H/t9-;/m0./s1. The molecule has 1 fully saturated rings. The number of aromatic nitrogens is 1. The second-order valence-corrected chi connectivity index (χ2v) is 4.91. The van der Waals surface area contributed by atoms with Gasteiger partial charge in [0.25, 0.3) is 0 Å². The fraction of sp³-hybridized carbons (Fsp3) is 0.545. The molecule has 90 valence electrons. The fourth-order valence-corrected chi connectivity index (χ4v) is 2.06. The Hall–Kier alpha value is -0.160. The molecule has 0 unspecified atom stereocenters. The molecule has 1 aromatic rings. The van der Waals surface area contributed by atoms with Crippen molar-refractivity contribution in [3.8, 4) is 0 Å². The summed E-state index contributed by atoms with van der Waals surface area (Å²) in [5, 5.41) is 3.39. The lowest BCUT2D eigenvalue weighted by Crippen LogP contribution is -2.49. The molecule has 2 heterocycles. The summed E-state index contributed by atoms with van der Waals surface area (Å²) >= 11 is 3.40. The monoisotopic (exact) mass is 305 g/mol. The Morgan fingerprint density at radius 2 is 2.38 bits per heavy atom. The Labute approximate surface area is 111 Å². The highest BCUT2D eigenvalue weighted by atomic mass is 79.9. The molecule has 0 aromatic carbocycles. The molecule has 3 nitrogen and oxygen atoms in total. The Bertz CT molecular complexity index is 318. The Morgan fingerprint density at radius 1 is 1.56 bits per heavy atom. The van der Waals surface area contributed by atoms with Crippen molar-refractivity contribution in [1.82, 2.24) is 15.2 Å². The molecule has 0 saturated carbocycles. The Morgan fingerprint density at radius 3 is 3.00 bits per heavy atom. The van der Waals surface area contributed by atoms with Crippen molar-refractivity contribution in [2.75, 3.05) is 19.6 Å². The summed E-state index contributed by atoms with van der Waals surface area (Å²) in [7, 11) is 0. The second-order valence-electron chi connectivity index (χ2n) is 3.99. The molecular weight excluding hydrogens is 289 g/mol. The smallest absolute Gasteiger partial charge is 0.0544 e. The third kappa shape index (κ3) is 3.70. The average Bonchev–Trinajstić information content (AvgIpc) is 2.25. The van der Waals surface area contributed by atoms with Crippen LogP contribution in [0.25, 0.3) is 0 Å². The van der Waals surface area contributed by atoms with Gasteiger partial charge in [-0.05, 0) is 35.0 Å². The van der Waals surface area contributed by atoms with E-state index >= 15 is 0 Å². The molecule has 1 saturated heterocycles. The van der Waals surface area contributed by atoms with Crippen molar-refractivity contribution in [3.63, 3.8) is 0 Å². The Balaban J connectivity index is 0.00000128. The van der Waals surface area contributed by atoms with Crippen LogP contribution < -0.4 is 5.32 Å². The van der Waals surface area contributed by atoms with Crippen LogP contribution in [0.15, 0.2) is 22.8 Å². The minimum atomic E-state index is 0. The largest absolute Gasteiger partial charge is 0.314 e. The van der Waals surface area contributed by atoms with Gasteiger partial charge < -0.3 is 5.32 Å². The first-order chi connectivity index (χ1) is 7.25. The van der Waals surface area contributed by atoms with E-state index in [0.717, 1.165) is 36.3 Å². The minimum Gasteiger partial charge on any atom is -0.314 e. The van der Waals surface area contributed by atoms with Crippen molar-refractivity contribution < 1.29 is 0 Å². The van der Waals surface area contributed by atoms with E-state index in [0.29, 0.717) is 6.04 Å². The van der Waals surface area contributed by atoms with Crippen molar-refractivity contribution in [2.24, 2.45) is 0 Å². The maximum atomic E-state index is 4.40. The van der Waals surface area contributed by atoms with E-state index < -0.39 is 0 Å². The van der Waals surface area contributed by atoms with Crippen LogP contribution in [0.5, 0.6) is 0 Å². The van der Waals surface area contributed by atoms with Crippen LogP contribution >= 0.6 is 28.3 Å². The van der Waals surface area contributed by atoms with Gasteiger partial charge in [0.2, 0.25) is 0 Å². The first-order valence-electron chi connectivity index (χ1n) is 5.31. The van der Waals surface area contributed by atoms with Gasteiger partial charge >= 0.3 is 0 Å². The van der Waals surface area contributed by atoms with Gasteiger partial charge in [0.1, 0.15) is 0 Å². The molecule has 1 atom stereocenters. The highest BCUT2D eigenvalue weighted by molar-refractivity contribution is 9.10. The lowest BCUT2D eigenvalue weighted by atomic mass is 10.2. The molecule has 0 aliphatic carbocycles. The normalized spacial score (nSPS) is 21.5. The van der Waals surface area contributed by atoms with Gasteiger partial charge in [-0.3, -0.25) is 9.88 Å². The van der Waals surface area contributed by atoms with Crippen LogP contribution in [-0.4, -0.2) is 35.6 Å². The predicted molar refractivity (Wildman–Crippen MR) is 71.9 cm³/mol. The second kappa shape index (κ2) is 6.55. The molecule has 16 heavy (non-hydrogen) atoms. The molecule has 0 spiro atoms. The first-order valence-corrected chi connectivity index (χ1v) is 6.10. The van der Waals surface area contributed by atoms with Gasteiger partial charge in [-0.25, -0.2) is 0 Å². The zero-order valence-corrected chi connectivity index (χ0v) is 11.7. The number of nitrogens with one attached hydrogen (secondary N) is 1. The summed E-state index contributed by atoms with van der Waals surface area (Å²) in [4.78, 5) is 6.86. The third-order valence-corrected chi connectivity index (χ3v) is 3.26. The summed E-state index contributed by atoms with van der Waals surface area (Å²) in [6, 6.07) is 4.73. The molecule has 1 N–H and O–H groups in total. The molecule has 1 aliphatic heterocycles. The number of hydrogen-bond donors (Lipinski definition) is 1. The highest BCUT2D eigenvalue weighted by Crippen LogP contribution is 2.11. The number of nitrogens with zero attached hydrogens (tertiary/aromatic N) is 2. The van der Waals surface area contributed by atoms with Gasteiger partial charge in [0.05, 0.1) is 5.69 Å². The zero-order chi connectivity index (χ0) is 10.7. The number of halogens is 2. The van der Waals surface area contributed by atoms with E-state index in [1.165, 1.54) is 0 Å². The molecule has 0 amide bonds. The van der Waals surface area contributed by atoms with Crippen LogP contribution in [0.1, 0.15) is 12.6 Å². The lowest BCUT2D eigenvalue weighted by Gasteiger charge is -2.33. The van der Waals surface area contributed by atoms with Gasteiger partial charge in [-0.15, -0.1) is 12.4 Å². The molecular formula is C11H17BrClN3. The molecule has 5 heteroatoms. The van der Waals surface area contributed by atoms with Crippen LogP contribution in [-0.2, 0) is 6.54 Å². The SMILES string of the molecule is C[C@H]1CNCCN1Cc1ccc(Br)cn1.Cl. The maximum Gasteiger partial charge on any atom is 0.0544 e. The zero-order valence-electron chi connectivity index (χ0n) is 9.32. The number of pyridine rings is 1. The summed E-state index contributed by atoms with van der Waals surface area (Å²) < 4.78 is 1.04. The summed E-state index contributed by atoms with van der Waals surface area (Å²) in [6.07, 6.45) is 1.86. The molecule has 0 radical (unpaired) electrons. The van der Waals surface area contributed by atoms with Gasteiger partial charge in [0.15, 0.2) is 0 Å². The lowest BCUT2D eigenvalue weighted by molar-refractivity contribution is 0.164. The quantitative estimate of drug-likeness (QED) is 0.906. The van der Waals surface area contributed by atoms with E-state index in [1.807, 2.05) is 6.20 Å². The topological polar surface area (TPSA) is 28.2 Å². The van der Waals surface area contributed by atoms with Gasteiger partial charge in [-0.1, -0.05) is 0 Å². The molecule has 2 rings (SSSR count). The third-order valence-electron chi connectivity index (χ3n) is 2.79. The number of hydrogen-bond acceptors (Lipinski definition) is 3. The van der Waals surface area contributed by atoms with Crippen LogP contribution in [0.3, 0.4) is 0 Å². The van der Waals surface area contributed by atoms with Crippen molar-refractivity contribution in [2.45, 2.75) is 19.5 Å². The van der Waals surface area contributed by atoms with E-state index in [-0.39, 0.29) is 12.4 Å². The predicted octanol–water partition coefficient (Wildman–Crippen LogP) is 2.06. The maximum absolute atomic E-state index is 4.40. The van der Waals surface area contributed by atoms with Crippen LogP contribution in [0.2, 0.25) is 0 Å². The van der Waals surface area contributed by atoms with Gasteiger partial charge in [0, 0.05) is 42.9 Å². The molecule has 0 bridgehead atoms. The van der Waals surface area contributed by atoms with Crippen LogP contribution in [0.4, 0.5) is 0 Å². The van der Waals surface area contributed by atoms with E-state index in [9.17, 15) is 0 Å².